The van der Waals surface area contributed by atoms with Gasteiger partial charge in [0.2, 0.25) is 0 Å². The number of hydrogen-bond donors (Lipinski definition) is 0. The zero-order chi connectivity index (χ0) is 13.0. The molecular weight excluding hydrogens is 285 g/mol. The second kappa shape index (κ2) is 6.46. The van der Waals surface area contributed by atoms with E-state index in [0.717, 1.165) is 23.7 Å². The Morgan fingerprint density at radius 3 is 2.72 bits per heavy atom. The first-order valence-corrected chi connectivity index (χ1v) is 7.65. The van der Waals surface area contributed by atoms with Crippen molar-refractivity contribution >= 4 is 40.2 Å². The Morgan fingerprint density at radius 1 is 1.28 bits per heavy atom. The Bertz CT molecular complexity index is 497. The molecule has 4 heteroatoms. The molecule has 0 saturated heterocycles. The highest BCUT2D eigenvalue weighted by Gasteiger charge is 2.10. The summed E-state index contributed by atoms with van der Waals surface area (Å²) in [7, 11) is 0. The van der Waals surface area contributed by atoms with E-state index < -0.39 is 0 Å². The summed E-state index contributed by atoms with van der Waals surface area (Å²) in [4.78, 5) is 3.67. The molecule has 0 unspecified atom stereocenters. The van der Waals surface area contributed by atoms with Gasteiger partial charge in [0.25, 0.3) is 0 Å². The average Bonchev–Trinajstić information content (AvgIpc) is 2.89. The summed E-state index contributed by atoms with van der Waals surface area (Å²) in [5, 5.41) is 2.84. The maximum Gasteiger partial charge on any atom is 0.0522 e. The van der Waals surface area contributed by atoms with Gasteiger partial charge in [-0.1, -0.05) is 17.7 Å². The topological polar surface area (TPSA) is 3.24 Å². The van der Waals surface area contributed by atoms with Crippen molar-refractivity contribution in [2.45, 2.75) is 19.3 Å². The van der Waals surface area contributed by atoms with Crippen LogP contribution < -0.4 is 4.90 Å². The van der Waals surface area contributed by atoms with Gasteiger partial charge in [0.1, 0.15) is 0 Å². The molecule has 0 atom stereocenters. The number of thiophene rings is 1. The van der Waals surface area contributed by atoms with Gasteiger partial charge in [-0.25, -0.2) is 0 Å². The Balaban J connectivity index is 2.26. The quantitative estimate of drug-likeness (QED) is 0.689. The fourth-order valence-electron chi connectivity index (χ4n) is 1.93. The van der Waals surface area contributed by atoms with Crippen molar-refractivity contribution in [3.8, 4) is 0 Å². The van der Waals surface area contributed by atoms with Crippen LogP contribution in [0, 0.1) is 0 Å². The second-order valence-electron chi connectivity index (χ2n) is 4.00. The molecule has 96 valence electrons. The minimum absolute atomic E-state index is 0.483. The first-order chi connectivity index (χ1) is 8.74. The highest BCUT2D eigenvalue weighted by molar-refractivity contribution is 7.09. The monoisotopic (exact) mass is 299 g/mol. The number of hydrogen-bond acceptors (Lipinski definition) is 2. The van der Waals surface area contributed by atoms with Crippen molar-refractivity contribution < 1.29 is 0 Å². The maximum atomic E-state index is 6.01. The largest absolute Gasteiger partial charge is 0.366 e. The molecule has 18 heavy (non-hydrogen) atoms. The average molecular weight is 300 g/mol. The fourth-order valence-corrected chi connectivity index (χ4v) is 3.06. The van der Waals surface area contributed by atoms with Crippen molar-refractivity contribution in [3.05, 3.63) is 51.2 Å². The van der Waals surface area contributed by atoms with E-state index in [-0.39, 0.29) is 0 Å². The summed E-state index contributed by atoms with van der Waals surface area (Å²) in [6.07, 6.45) is 0. The number of halogens is 2. The van der Waals surface area contributed by atoms with Gasteiger partial charge in [-0.2, -0.15) is 0 Å². The van der Waals surface area contributed by atoms with Crippen LogP contribution in [0.25, 0.3) is 0 Å². The van der Waals surface area contributed by atoms with Crippen molar-refractivity contribution in [1.82, 2.24) is 0 Å². The molecule has 0 aliphatic rings. The highest BCUT2D eigenvalue weighted by atomic mass is 35.5. The predicted octanol–water partition coefficient (Wildman–Crippen LogP) is 5.17. The molecule has 0 aliphatic carbocycles. The minimum atomic E-state index is 0.483. The molecule has 0 spiro atoms. The van der Waals surface area contributed by atoms with Crippen molar-refractivity contribution in [2.75, 3.05) is 11.4 Å². The molecule has 0 aliphatic heterocycles. The Kier molecular flexibility index (Phi) is 4.93. The normalized spacial score (nSPS) is 10.6. The van der Waals surface area contributed by atoms with E-state index in [0.29, 0.717) is 5.88 Å². The molecule has 1 aromatic heterocycles. The highest BCUT2D eigenvalue weighted by Crippen LogP contribution is 2.27. The van der Waals surface area contributed by atoms with Crippen LogP contribution >= 0.6 is 34.5 Å². The van der Waals surface area contributed by atoms with E-state index in [9.17, 15) is 0 Å². The van der Waals surface area contributed by atoms with E-state index in [2.05, 4.69) is 35.4 Å². The van der Waals surface area contributed by atoms with Gasteiger partial charge < -0.3 is 4.90 Å². The third kappa shape index (κ3) is 3.19. The molecule has 0 fully saturated rings. The molecule has 0 bridgehead atoms. The molecule has 2 aromatic rings. The van der Waals surface area contributed by atoms with Crippen LogP contribution in [0.15, 0.2) is 35.7 Å². The summed E-state index contributed by atoms with van der Waals surface area (Å²) in [6.45, 7) is 4.02. The molecule has 2 rings (SSSR count). The van der Waals surface area contributed by atoms with Gasteiger partial charge in [0.15, 0.2) is 0 Å². The summed E-state index contributed by atoms with van der Waals surface area (Å²) in [5.41, 5.74) is 2.26. The first-order valence-electron chi connectivity index (χ1n) is 5.86. The van der Waals surface area contributed by atoms with Gasteiger partial charge in [0.05, 0.1) is 6.54 Å². The lowest BCUT2D eigenvalue weighted by Crippen LogP contribution is -2.22. The first kappa shape index (κ1) is 13.7. The standard InChI is InChI=1S/C14H15Cl2NS/c1-2-17(10-13-4-3-7-18-13)14-6-5-12(16)8-11(14)9-15/h3-8H,2,9-10H2,1H3. The predicted molar refractivity (Wildman–Crippen MR) is 82.1 cm³/mol. The van der Waals surface area contributed by atoms with Gasteiger partial charge in [-0.05, 0) is 42.1 Å². The van der Waals surface area contributed by atoms with E-state index in [1.54, 1.807) is 11.3 Å². The van der Waals surface area contributed by atoms with Crippen LogP contribution in [0.5, 0.6) is 0 Å². The lowest BCUT2D eigenvalue weighted by atomic mass is 10.1. The second-order valence-corrected chi connectivity index (χ2v) is 5.74. The fraction of sp³-hybridized carbons (Fsp3) is 0.286. The van der Waals surface area contributed by atoms with Gasteiger partial charge in [-0.15, -0.1) is 22.9 Å². The van der Waals surface area contributed by atoms with Crippen LogP contribution in [0.3, 0.4) is 0 Å². The number of benzene rings is 1. The Hall–Kier alpha value is -0.700. The van der Waals surface area contributed by atoms with Crippen LogP contribution in [-0.2, 0) is 12.4 Å². The molecule has 1 nitrogen and oxygen atoms in total. The maximum absolute atomic E-state index is 6.01. The SMILES string of the molecule is CCN(Cc1cccs1)c1ccc(Cl)cc1CCl. The molecule has 1 heterocycles. The zero-order valence-corrected chi connectivity index (χ0v) is 12.5. The number of alkyl halides is 1. The Morgan fingerprint density at radius 2 is 2.11 bits per heavy atom. The van der Waals surface area contributed by atoms with E-state index in [1.807, 2.05) is 12.1 Å². The Labute approximate surface area is 122 Å². The molecular formula is C14H15Cl2NS. The van der Waals surface area contributed by atoms with Crippen molar-refractivity contribution in [1.29, 1.82) is 0 Å². The third-order valence-electron chi connectivity index (χ3n) is 2.83. The lowest BCUT2D eigenvalue weighted by molar-refractivity contribution is 0.837. The number of anilines is 1. The molecule has 0 N–H and O–H groups in total. The number of rotatable bonds is 5. The van der Waals surface area contributed by atoms with Crippen molar-refractivity contribution in [2.24, 2.45) is 0 Å². The molecule has 0 saturated carbocycles. The van der Waals surface area contributed by atoms with Gasteiger partial charge >= 0.3 is 0 Å². The van der Waals surface area contributed by atoms with Crippen LogP contribution in [0.2, 0.25) is 5.02 Å². The van der Waals surface area contributed by atoms with E-state index in [4.69, 9.17) is 23.2 Å². The van der Waals surface area contributed by atoms with Crippen LogP contribution in [-0.4, -0.2) is 6.54 Å². The van der Waals surface area contributed by atoms with Crippen LogP contribution in [0.1, 0.15) is 17.4 Å². The lowest BCUT2D eigenvalue weighted by Gasteiger charge is -2.25. The number of nitrogens with zero attached hydrogens (tertiary/aromatic N) is 1. The van der Waals surface area contributed by atoms with Crippen LogP contribution in [0.4, 0.5) is 5.69 Å². The summed E-state index contributed by atoms with van der Waals surface area (Å²) >= 11 is 13.8. The molecule has 0 amide bonds. The third-order valence-corrected chi connectivity index (χ3v) is 4.22. The zero-order valence-electron chi connectivity index (χ0n) is 10.2. The van der Waals surface area contributed by atoms with E-state index in [1.165, 1.54) is 10.6 Å². The summed E-state index contributed by atoms with van der Waals surface area (Å²) in [5.74, 6) is 0.483. The summed E-state index contributed by atoms with van der Waals surface area (Å²) in [6, 6.07) is 10.2. The van der Waals surface area contributed by atoms with Gasteiger partial charge in [-0.3, -0.25) is 0 Å². The molecule has 1 aromatic carbocycles. The smallest absolute Gasteiger partial charge is 0.0522 e. The van der Waals surface area contributed by atoms with E-state index >= 15 is 0 Å². The molecule has 0 radical (unpaired) electrons. The van der Waals surface area contributed by atoms with Crippen molar-refractivity contribution in [3.63, 3.8) is 0 Å². The minimum Gasteiger partial charge on any atom is -0.366 e. The van der Waals surface area contributed by atoms with Gasteiger partial charge in [0, 0.05) is 28.0 Å². The summed E-state index contributed by atoms with van der Waals surface area (Å²) < 4.78 is 0.